The molecule has 6 heteroatoms. The average molecular weight is 252 g/mol. The highest BCUT2D eigenvalue weighted by molar-refractivity contribution is 5.75. The van der Waals surface area contributed by atoms with Gasteiger partial charge in [0.2, 0.25) is 5.91 Å². The Morgan fingerprint density at radius 2 is 2.33 bits per heavy atom. The fraction of sp³-hybridized carbons (Fsp3) is 0.667. The first-order valence-corrected chi connectivity index (χ1v) is 6.20. The van der Waals surface area contributed by atoms with Crippen molar-refractivity contribution in [1.29, 1.82) is 0 Å². The Morgan fingerprint density at radius 1 is 1.61 bits per heavy atom. The van der Waals surface area contributed by atoms with Gasteiger partial charge in [-0.15, -0.1) is 0 Å². The van der Waals surface area contributed by atoms with Crippen molar-refractivity contribution in [1.82, 2.24) is 15.1 Å². The number of rotatable bonds is 4. The Balaban J connectivity index is 1.77. The molecule has 0 saturated carbocycles. The summed E-state index contributed by atoms with van der Waals surface area (Å²) in [5.41, 5.74) is 6.26. The molecule has 1 aromatic rings. The summed E-state index contributed by atoms with van der Waals surface area (Å²) in [7, 11) is 0. The van der Waals surface area contributed by atoms with E-state index >= 15 is 0 Å². The molecule has 0 unspecified atom stereocenters. The summed E-state index contributed by atoms with van der Waals surface area (Å²) in [6.07, 6.45) is 5.16. The molecule has 100 valence electrons. The first-order valence-electron chi connectivity index (χ1n) is 6.20. The molecule has 0 aromatic carbocycles. The zero-order valence-corrected chi connectivity index (χ0v) is 10.7. The van der Waals surface area contributed by atoms with Gasteiger partial charge in [-0.25, -0.2) is 0 Å². The fourth-order valence-corrected chi connectivity index (χ4v) is 2.02. The van der Waals surface area contributed by atoms with Gasteiger partial charge in [-0.2, -0.15) is 5.10 Å². The Labute approximate surface area is 106 Å². The second kappa shape index (κ2) is 5.39. The van der Waals surface area contributed by atoms with Gasteiger partial charge in [0, 0.05) is 26.0 Å². The van der Waals surface area contributed by atoms with Crippen molar-refractivity contribution in [3.8, 4) is 0 Å². The second-order valence-electron chi connectivity index (χ2n) is 5.17. The zero-order valence-electron chi connectivity index (χ0n) is 10.7. The molecule has 1 aliphatic heterocycles. The lowest BCUT2D eigenvalue weighted by molar-refractivity contribution is -0.122. The Hall–Kier alpha value is -1.56. The van der Waals surface area contributed by atoms with E-state index in [1.54, 1.807) is 6.20 Å². The van der Waals surface area contributed by atoms with Crippen molar-refractivity contribution in [2.45, 2.75) is 26.3 Å². The smallest absolute Gasteiger partial charge is 0.241 e. The number of hydrogen-bond acceptors (Lipinski definition) is 4. The van der Waals surface area contributed by atoms with Gasteiger partial charge in [-0.3, -0.25) is 9.48 Å². The Kier molecular flexibility index (Phi) is 3.86. The number of hydrogen-bond donors (Lipinski definition) is 2. The number of carbonyl (C=O) groups excluding carboxylic acids is 1. The van der Waals surface area contributed by atoms with E-state index in [9.17, 15) is 4.79 Å². The molecular formula is C12H20N4O2. The van der Waals surface area contributed by atoms with Gasteiger partial charge in [-0.05, 0) is 18.3 Å². The first kappa shape index (κ1) is 12.9. The Bertz CT molecular complexity index is 410. The molecule has 0 aliphatic carbocycles. The van der Waals surface area contributed by atoms with Gasteiger partial charge in [-0.1, -0.05) is 6.92 Å². The van der Waals surface area contributed by atoms with Gasteiger partial charge in [0.15, 0.2) is 0 Å². The third-order valence-corrected chi connectivity index (χ3v) is 3.37. The van der Waals surface area contributed by atoms with Crippen molar-refractivity contribution in [2.75, 3.05) is 25.5 Å². The van der Waals surface area contributed by atoms with E-state index in [0.29, 0.717) is 12.2 Å². The van der Waals surface area contributed by atoms with Gasteiger partial charge >= 0.3 is 0 Å². The lowest BCUT2D eigenvalue weighted by Crippen LogP contribution is -2.40. The molecule has 1 saturated heterocycles. The van der Waals surface area contributed by atoms with Crippen molar-refractivity contribution in [2.24, 2.45) is 5.41 Å². The van der Waals surface area contributed by atoms with Crippen LogP contribution in [0.25, 0.3) is 0 Å². The highest BCUT2D eigenvalue weighted by atomic mass is 16.5. The third-order valence-electron chi connectivity index (χ3n) is 3.37. The van der Waals surface area contributed by atoms with Gasteiger partial charge in [0.25, 0.3) is 0 Å². The summed E-state index contributed by atoms with van der Waals surface area (Å²) in [6, 6.07) is 0. The molecule has 1 aromatic heterocycles. The molecule has 1 amide bonds. The lowest BCUT2D eigenvalue weighted by Gasteiger charge is -2.33. The summed E-state index contributed by atoms with van der Waals surface area (Å²) in [5.74, 6) is -0.0363. The number of nitrogens with zero attached hydrogens (tertiary/aromatic N) is 2. The molecule has 3 N–H and O–H groups in total. The van der Waals surface area contributed by atoms with Crippen LogP contribution in [0.3, 0.4) is 0 Å². The lowest BCUT2D eigenvalue weighted by atomic mass is 9.82. The number of aromatic nitrogens is 2. The van der Waals surface area contributed by atoms with Crippen LogP contribution in [0, 0.1) is 5.41 Å². The molecule has 18 heavy (non-hydrogen) atoms. The van der Waals surface area contributed by atoms with Crippen LogP contribution in [-0.2, 0) is 16.1 Å². The summed E-state index contributed by atoms with van der Waals surface area (Å²) < 4.78 is 6.87. The maximum atomic E-state index is 11.8. The molecule has 1 aliphatic rings. The summed E-state index contributed by atoms with van der Waals surface area (Å²) in [4.78, 5) is 11.8. The van der Waals surface area contributed by atoms with Crippen molar-refractivity contribution in [3.63, 3.8) is 0 Å². The van der Waals surface area contributed by atoms with Crippen LogP contribution >= 0.6 is 0 Å². The molecule has 0 spiro atoms. The highest BCUT2D eigenvalue weighted by Gasteiger charge is 2.27. The number of nitrogens with two attached hydrogens (primary N) is 1. The molecule has 2 rings (SSSR count). The minimum absolute atomic E-state index is 0.0363. The van der Waals surface area contributed by atoms with Crippen molar-refractivity contribution in [3.05, 3.63) is 12.4 Å². The summed E-state index contributed by atoms with van der Waals surface area (Å²) in [5, 5.41) is 6.93. The van der Waals surface area contributed by atoms with Crippen LogP contribution in [0.5, 0.6) is 0 Å². The average Bonchev–Trinajstić information content (AvgIpc) is 2.73. The molecular weight excluding hydrogens is 232 g/mol. The summed E-state index contributed by atoms with van der Waals surface area (Å²) >= 11 is 0. The van der Waals surface area contributed by atoms with E-state index in [1.807, 2.05) is 0 Å². The van der Waals surface area contributed by atoms with E-state index in [4.69, 9.17) is 10.5 Å². The molecule has 0 atom stereocenters. The minimum atomic E-state index is -0.0363. The van der Waals surface area contributed by atoms with Crippen LogP contribution in [0.15, 0.2) is 12.4 Å². The second-order valence-corrected chi connectivity index (χ2v) is 5.17. The molecule has 0 radical (unpaired) electrons. The van der Waals surface area contributed by atoms with Crippen LogP contribution in [0.1, 0.15) is 19.8 Å². The van der Waals surface area contributed by atoms with E-state index < -0.39 is 0 Å². The maximum absolute atomic E-state index is 11.8. The number of anilines is 1. The highest BCUT2D eigenvalue weighted by Crippen LogP contribution is 2.28. The molecule has 1 fully saturated rings. The number of nitrogen functional groups attached to an aromatic ring is 1. The quantitative estimate of drug-likeness (QED) is 0.812. The SMILES string of the molecule is CC1(CNC(=O)Cn2cc(N)cn2)CCOCC1. The number of carbonyl (C=O) groups is 1. The Morgan fingerprint density at radius 3 is 2.94 bits per heavy atom. The monoisotopic (exact) mass is 252 g/mol. The van der Waals surface area contributed by atoms with E-state index in [0.717, 1.165) is 26.1 Å². The molecule has 0 bridgehead atoms. The largest absolute Gasteiger partial charge is 0.396 e. The van der Waals surface area contributed by atoms with E-state index in [-0.39, 0.29) is 17.9 Å². The normalized spacial score (nSPS) is 18.5. The molecule has 2 heterocycles. The predicted octanol–water partition coefficient (Wildman–Crippen LogP) is 0.398. The molecule has 6 nitrogen and oxygen atoms in total. The minimum Gasteiger partial charge on any atom is -0.396 e. The van der Waals surface area contributed by atoms with Gasteiger partial charge in [0.05, 0.1) is 11.9 Å². The zero-order chi connectivity index (χ0) is 13.0. The number of amides is 1. The van der Waals surface area contributed by atoms with Gasteiger partial charge in [0.1, 0.15) is 6.54 Å². The van der Waals surface area contributed by atoms with E-state index in [1.165, 1.54) is 10.9 Å². The van der Waals surface area contributed by atoms with Crippen LogP contribution < -0.4 is 11.1 Å². The fourth-order valence-electron chi connectivity index (χ4n) is 2.02. The van der Waals surface area contributed by atoms with Crippen LogP contribution in [0.4, 0.5) is 5.69 Å². The third kappa shape index (κ3) is 3.46. The first-order chi connectivity index (χ1) is 8.57. The number of ether oxygens (including phenoxy) is 1. The maximum Gasteiger partial charge on any atom is 0.241 e. The van der Waals surface area contributed by atoms with Crippen LogP contribution in [0.2, 0.25) is 0 Å². The van der Waals surface area contributed by atoms with Gasteiger partial charge < -0.3 is 15.8 Å². The predicted molar refractivity (Wildman–Crippen MR) is 67.8 cm³/mol. The topological polar surface area (TPSA) is 82.2 Å². The van der Waals surface area contributed by atoms with Crippen molar-refractivity contribution >= 4 is 11.6 Å². The van der Waals surface area contributed by atoms with Crippen molar-refractivity contribution < 1.29 is 9.53 Å². The van der Waals surface area contributed by atoms with E-state index in [2.05, 4.69) is 17.3 Å². The summed E-state index contributed by atoms with van der Waals surface area (Å²) in [6.45, 7) is 4.64. The number of nitrogens with one attached hydrogen (secondary N) is 1. The van der Waals surface area contributed by atoms with Crippen LogP contribution in [-0.4, -0.2) is 35.4 Å². The standard InChI is InChI=1S/C12H20N4O2/c1-12(2-4-18-5-3-12)9-14-11(17)8-16-7-10(13)6-15-16/h6-7H,2-5,8-9,13H2,1H3,(H,14,17).